The lowest BCUT2D eigenvalue weighted by atomic mass is 9.48. The number of nitriles is 1. The molecule has 0 radical (unpaired) electrons. The Labute approximate surface area is 356 Å². The Balaban J connectivity index is 0.992. The van der Waals surface area contributed by atoms with Crippen LogP contribution < -0.4 is 0 Å². The molecular formula is C57H42N4. The summed E-state index contributed by atoms with van der Waals surface area (Å²) in [6.45, 7) is 0. The Bertz CT molecular complexity index is 3060. The zero-order chi connectivity index (χ0) is 40.3. The van der Waals surface area contributed by atoms with E-state index in [0.29, 0.717) is 28.5 Å². The molecule has 4 fully saturated rings. The Hall–Kier alpha value is -6.96. The summed E-state index contributed by atoms with van der Waals surface area (Å²) in [6, 6.07) is 61.3. The normalized spacial score (nSPS) is 21.7. The molecule has 0 aliphatic heterocycles. The fraction of sp³-hybridized carbons (Fsp3) is 0.193. The highest BCUT2D eigenvalue weighted by molar-refractivity contribution is 5.96. The molecule has 6 aliphatic rings. The molecule has 0 amide bonds. The number of nitrogens with zero attached hydrogens (tertiary/aromatic N) is 4. The van der Waals surface area contributed by atoms with Crippen molar-refractivity contribution < 1.29 is 0 Å². The molecule has 0 unspecified atom stereocenters. The van der Waals surface area contributed by atoms with Gasteiger partial charge < -0.3 is 0 Å². The first-order valence-electron chi connectivity index (χ1n) is 22.0. The second-order valence-electron chi connectivity index (χ2n) is 18.5. The standard InChI is InChI=1S/C57H42N4/c58-34-35-17-24-51-48(28-35)47-23-20-43(30-52(47)57(51)49-15-6-4-13-45(49)46-14-5-7-16-50(46)57)55-60-53(59-54(61-55)42-12-8-11-41(29-42)39-9-2-1-3-10-39)40-18-21-44(22-19-40)56-31-36-25-37(32-56)27-38(26-36)33-56/h1-24,28-30,36-38H,25-27,31-33H2/t36-,37-,38-,56?. The minimum Gasteiger partial charge on any atom is -0.208 e. The van der Waals surface area contributed by atoms with Crippen LogP contribution >= 0.6 is 0 Å². The summed E-state index contributed by atoms with van der Waals surface area (Å²) < 4.78 is 0. The van der Waals surface area contributed by atoms with Gasteiger partial charge in [0.15, 0.2) is 17.5 Å². The van der Waals surface area contributed by atoms with Crippen molar-refractivity contribution in [2.75, 3.05) is 0 Å². The summed E-state index contributed by atoms with van der Waals surface area (Å²) in [4.78, 5) is 15.9. The van der Waals surface area contributed by atoms with Crippen molar-refractivity contribution in [1.29, 1.82) is 5.26 Å². The topological polar surface area (TPSA) is 62.5 Å². The van der Waals surface area contributed by atoms with Crippen LogP contribution in [0.3, 0.4) is 0 Å². The van der Waals surface area contributed by atoms with E-state index in [1.807, 2.05) is 6.07 Å². The van der Waals surface area contributed by atoms with Crippen LogP contribution in [0, 0.1) is 29.1 Å². The molecule has 1 heterocycles. The molecule has 6 aliphatic carbocycles. The first-order chi connectivity index (χ1) is 30.1. The summed E-state index contributed by atoms with van der Waals surface area (Å²) in [5, 5.41) is 10.1. The van der Waals surface area contributed by atoms with Crippen molar-refractivity contribution in [3.8, 4) is 73.6 Å². The number of aromatic nitrogens is 3. The summed E-state index contributed by atoms with van der Waals surface area (Å²) in [5.74, 6) is 4.65. The lowest BCUT2D eigenvalue weighted by molar-refractivity contribution is -0.00518. The molecule has 61 heavy (non-hydrogen) atoms. The Kier molecular flexibility index (Phi) is 7.44. The molecule has 14 rings (SSSR count). The van der Waals surface area contributed by atoms with Crippen LogP contribution in [0.25, 0.3) is 67.5 Å². The van der Waals surface area contributed by atoms with E-state index in [4.69, 9.17) is 15.0 Å². The van der Waals surface area contributed by atoms with E-state index in [1.54, 1.807) is 0 Å². The highest BCUT2D eigenvalue weighted by Crippen LogP contribution is 2.64. The zero-order valence-electron chi connectivity index (χ0n) is 33.9. The molecule has 1 aromatic heterocycles. The van der Waals surface area contributed by atoms with E-state index in [2.05, 4.69) is 164 Å². The van der Waals surface area contributed by atoms with Gasteiger partial charge in [-0.2, -0.15) is 5.26 Å². The van der Waals surface area contributed by atoms with Gasteiger partial charge in [-0.1, -0.05) is 140 Å². The maximum absolute atomic E-state index is 10.1. The van der Waals surface area contributed by atoms with Gasteiger partial charge in [-0.3, -0.25) is 0 Å². The van der Waals surface area contributed by atoms with Crippen molar-refractivity contribution >= 4 is 0 Å². The maximum Gasteiger partial charge on any atom is 0.164 e. The van der Waals surface area contributed by atoms with Crippen molar-refractivity contribution in [3.63, 3.8) is 0 Å². The molecule has 4 saturated carbocycles. The van der Waals surface area contributed by atoms with Crippen molar-refractivity contribution in [2.45, 2.75) is 49.4 Å². The molecule has 0 atom stereocenters. The van der Waals surface area contributed by atoms with Crippen molar-refractivity contribution in [3.05, 3.63) is 197 Å². The fourth-order valence-electron chi connectivity index (χ4n) is 13.0. The van der Waals surface area contributed by atoms with Crippen LogP contribution in [-0.4, -0.2) is 15.0 Å². The lowest BCUT2D eigenvalue weighted by Crippen LogP contribution is -2.48. The highest BCUT2D eigenvalue weighted by Gasteiger charge is 2.53. The number of hydrogen-bond donors (Lipinski definition) is 0. The quantitative estimate of drug-likeness (QED) is 0.174. The predicted octanol–water partition coefficient (Wildman–Crippen LogP) is 13.2. The molecule has 290 valence electrons. The van der Waals surface area contributed by atoms with E-state index in [0.717, 1.165) is 56.7 Å². The first kappa shape index (κ1) is 34.9. The van der Waals surface area contributed by atoms with Gasteiger partial charge in [-0.15, -0.1) is 0 Å². The number of fused-ring (bicyclic) bond motifs is 10. The second-order valence-corrected chi connectivity index (χ2v) is 18.5. The Morgan fingerprint density at radius 3 is 1.59 bits per heavy atom. The second kappa shape index (κ2) is 13.0. The Morgan fingerprint density at radius 1 is 0.410 bits per heavy atom. The van der Waals surface area contributed by atoms with E-state index < -0.39 is 5.41 Å². The van der Waals surface area contributed by atoms with E-state index >= 15 is 0 Å². The molecule has 4 bridgehead atoms. The minimum absolute atomic E-state index is 0.323. The van der Waals surface area contributed by atoms with Crippen molar-refractivity contribution in [1.82, 2.24) is 15.0 Å². The zero-order valence-corrected chi connectivity index (χ0v) is 33.9. The minimum atomic E-state index is -0.558. The maximum atomic E-state index is 10.1. The van der Waals surface area contributed by atoms with Gasteiger partial charge in [-0.05, 0) is 147 Å². The highest BCUT2D eigenvalue weighted by atomic mass is 15.0. The average Bonchev–Trinajstić information content (AvgIpc) is 3.78. The molecular weight excluding hydrogens is 741 g/mol. The third kappa shape index (κ3) is 5.13. The fourth-order valence-corrected chi connectivity index (χ4v) is 13.0. The van der Waals surface area contributed by atoms with Crippen LogP contribution in [0.5, 0.6) is 0 Å². The van der Waals surface area contributed by atoms with Crippen molar-refractivity contribution in [2.24, 2.45) is 17.8 Å². The van der Waals surface area contributed by atoms with Crippen LogP contribution in [-0.2, 0) is 10.8 Å². The predicted molar refractivity (Wildman–Crippen MR) is 242 cm³/mol. The van der Waals surface area contributed by atoms with Gasteiger partial charge in [0.1, 0.15) is 0 Å². The van der Waals surface area contributed by atoms with Gasteiger partial charge in [-0.25, -0.2) is 15.0 Å². The van der Waals surface area contributed by atoms with Gasteiger partial charge in [0.25, 0.3) is 0 Å². The molecule has 0 N–H and O–H groups in total. The average molecular weight is 783 g/mol. The van der Waals surface area contributed by atoms with Gasteiger partial charge in [0, 0.05) is 16.7 Å². The largest absolute Gasteiger partial charge is 0.208 e. The molecule has 0 saturated heterocycles. The lowest BCUT2D eigenvalue weighted by Gasteiger charge is -2.57. The third-order valence-electron chi connectivity index (χ3n) is 15.1. The van der Waals surface area contributed by atoms with Gasteiger partial charge in [0.05, 0.1) is 17.0 Å². The Morgan fingerprint density at radius 2 is 0.934 bits per heavy atom. The van der Waals surface area contributed by atoms with Gasteiger partial charge >= 0.3 is 0 Å². The summed E-state index contributed by atoms with van der Waals surface area (Å²) in [6.07, 6.45) is 8.34. The summed E-state index contributed by atoms with van der Waals surface area (Å²) in [7, 11) is 0. The number of benzene rings is 7. The summed E-state index contributed by atoms with van der Waals surface area (Å²) in [5.41, 5.74) is 16.7. The SMILES string of the molecule is N#Cc1ccc2c(c1)-c1ccc(-c3nc(-c4ccc(C56C[C@H]7C[C@H](C5)C[C@@H](C6)C7)cc4)nc(-c4cccc(-c5ccccc5)c4)n3)cc1C21c2ccccc2-c2ccccc21. The van der Waals surface area contributed by atoms with E-state index in [9.17, 15) is 5.26 Å². The number of rotatable bonds is 5. The van der Waals surface area contributed by atoms with Crippen LogP contribution in [0.1, 0.15) is 71.9 Å². The third-order valence-corrected chi connectivity index (χ3v) is 15.1. The molecule has 4 heteroatoms. The number of hydrogen-bond acceptors (Lipinski definition) is 4. The van der Waals surface area contributed by atoms with Crippen LogP contribution in [0.2, 0.25) is 0 Å². The van der Waals surface area contributed by atoms with E-state index in [1.165, 1.54) is 77.5 Å². The monoisotopic (exact) mass is 782 g/mol. The molecule has 1 spiro atoms. The van der Waals surface area contributed by atoms with Crippen LogP contribution in [0.4, 0.5) is 0 Å². The molecule has 7 aromatic carbocycles. The smallest absolute Gasteiger partial charge is 0.164 e. The molecule has 8 aromatic rings. The first-order valence-corrected chi connectivity index (χ1v) is 22.0. The van der Waals surface area contributed by atoms with Crippen LogP contribution in [0.15, 0.2) is 164 Å². The van der Waals surface area contributed by atoms with Gasteiger partial charge in [0.2, 0.25) is 0 Å². The molecule has 4 nitrogen and oxygen atoms in total. The van der Waals surface area contributed by atoms with E-state index in [-0.39, 0.29) is 0 Å². The summed E-state index contributed by atoms with van der Waals surface area (Å²) >= 11 is 0.